The largest absolute Gasteiger partial charge is 0.756 e. The lowest BCUT2D eigenvalue weighted by molar-refractivity contribution is -0.870. The van der Waals surface area contributed by atoms with Crippen molar-refractivity contribution in [3.8, 4) is 0 Å². The van der Waals surface area contributed by atoms with E-state index >= 15 is 0 Å². The highest BCUT2D eigenvalue weighted by atomic mass is 31.2. The molecule has 0 radical (unpaired) electrons. The van der Waals surface area contributed by atoms with Gasteiger partial charge in [0.2, 0.25) is 5.91 Å². The number of carbonyl (C=O) groups excluding carboxylic acids is 2. The number of carbonyl (C=O) groups is 2. The van der Waals surface area contributed by atoms with Gasteiger partial charge >= 0.3 is 5.97 Å². The van der Waals surface area contributed by atoms with E-state index in [0.29, 0.717) is 23.9 Å². The fraction of sp³-hybridized carbons (Fsp3) is 0.667. The highest BCUT2D eigenvalue weighted by Gasteiger charge is 2.27. The Morgan fingerprint density at radius 3 is 1.29 bits per heavy atom. The number of phosphoric acid groups is 1. The molecule has 0 aliphatic heterocycles. The smallest absolute Gasteiger partial charge is 0.306 e. The maximum atomic E-state index is 13.5. The van der Waals surface area contributed by atoms with Crippen LogP contribution in [-0.2, 0) is 27.9 Å². The normalized spacial score (nSPS) is 14.6. The Bertz CT molecular complexity index is 1720. The molecule has 0 fully saturated rings. The third-order valence-corrected chi connectivity index (χ3v) is 13.6. The average molecular weight is 1080 g/mol. The van der Waals surface area contributed by atoms with E-state index in [1.54, 1.807) is 0 Å². The van der Waals surface area contributed by atoms with Crippen LogP contribution in [0.1, 0.15) is 233 Å². The number of quaternary nitrogens is 1. The van der Waals surface area contributed by atoms with E-state index in [-0.39, 0.29) is 31.3 Å². The second-order valence-electron chi connectivity index (χ2n) is 21.1. The molecule has 0 aromatic rings. The number of unbranched alkanes of at least 4 members (excludes halogenated alkanes) is 19. The van der Waals surface area contributed by atoms with Gasteiger partial charge in [-0.25, -0.2) is 0 Å². The lowest BCUT2D eigenvalue weighted by Crippen LogP contribution is -2.47. The van der Waals surface area contributed by atoms with Gasteiger partial charge in [0.15, 0.2) is 0 Å². The van der Waals surface area contributed by atoms with E-state index in [1.165, 1.54) is 77.0 Å². The minimum Gasteiger partial charge on any atom is -0.756 e. The van der Waals surface area contributed by atoms with Crippen LogP contribution in [0.4, 0.5) is 0 Å². The van der Waals surface area contributed by atoms with Crippen molar-refractivity contribution in [2.24, 2.45) is 0 Å². The second kappa shape index (κ2) is 54.8. The first-order valence-corrected chi connectivity index (χ1v) is 31.8. The van der Waals surface area contributed by atoms with Crippen molar-refractivity contribution in [2.45, 2.75) is 245 Å². The molecule has 3 unspecified atom stereocenters. The summed E-state index contributed by atoms with van der Waals surface area (Å²) >= 11 is 0. The van der Waals surface area contributed by atoms with E-state index in [1.807, 2.05) is 33.3 Å². The van der Waals surface area contributed by atoms with Crippen LogP contribution >= 0.6 is 7.82 Å². The summed E-state index contributed by atoms with van der Waals surface area (Å²) in [6.45, 7) is 6.63. The molecule has 1 N–H and O–H groups in total. The predicted molar refractivity (Wildman–Crippen MR) is 325 cm³/mol. The van der Waals surface area contributed by atoms with E-state index in [2.05, 4.69) is 135 Å². The van der Waals surface area contributed by atoms with Crippen LogP contribution in [0.3, 0.4) is 0 Å². The first-order chi connectivity index (χ1) is 36.9. The summed E-state index contributed by atoms with van der Waals surface area (Å²) in [6.07, 6.45) is 75.9. The number of allylic oxidation sites excluding steroid dienone is 19. The zero-order valence-electron chi connectivity index (χ0n) is 49.4. The molecular formula is C66H113N2O7P. The molecule has 10 heteroatoms. The summed E-state index contributed by atoms with van der Waals surface area (Å²) in [4.78, 5) is 39.9. The third kappa shape index (κ3) is 55.2. The van der Waals surface area contributed by atoms with Crippen molar-refractivity contribution in [1.29, 1.82) is 0 Å². The number of phosphoric ester groups is 1. The summed E-state index contributed by atoms with van der Waals surface area (Å²) in [5.41, 5.74) is 0. The second-order valence-corrected chi connectivity index (χ2v) is 22.5. The number of likely N-dealkylation sites (N-methyl/N-ethyl adjacent to an activating group) is 1. The van der Waals surface area contributed by atoms with Crippen LogP contribution in [0.25, 0.3) is 0 Å². The number of hydrogen-bond acceptors (Lipinski definition) is 7. The van der Waals surface area contributed by atoms with Crippen LogP contribution in [0.15, 0.2) is 122 Å². The van der Waals surface area contributed by atoms with Gasteiger partial charge in [0.1, 0.15) is 19.3 Å². The van der Waals surface area contributed by atoms with Crippen molar-refractivity contribution in [1.82, 2.24) is 5.32 Å². The molecule has 0 saturated heterocycles. The summed E-state index contributed by atoms with van der Waals surface area (Å²) in [5.74, 6) is -0.624. The van der Waals surface area contributed by atoms with Gasteiger partial charge in [-0.1, -0.05) is 220 Å². The molecule has 434 valence electrons. The fourth-order valence-electron chi connectivity index (χ4n) is 7.94. The van der Waals surface area contributed by atoms with Crippen molar-refractivity contribution >= 4 is 19.7 Å². The number of rotatable bonds is 53. The van der Waals surface area contributed by atoms with Gasteiger partial charge < -0.3 is 28.5 Å². The molecular weight excluding hydrogens is 964 g/mol. The molecule has 0 aromatic carbocycles. The van der Waals surface area contributed by atoms with Gasteiger partial charge in [-0.05, 0) is 122 Å². The molecule has 9 nitrogen and oxygen atoms in total. The summed E-state index contributed by atoms with van der Waals surface area (Å²) < 4.78 is 30.2. The molecule has 0 heterocycles. The Morgan fingerprint density at radius 1 is 0.474 bits per heavy atom. The van der Waals surface area contributed by atoms with E-state index in [4.69, 9.17) is 13.8 Å². The van der Waals surface area contributed by atoms with Gasteiger partial charge in [0.05, 0.1) is 33.8 Å². The molecule has 1 amide bonds. The van der Waals surface area contributed by atoms with E-state index < -0.39 is 26.6 Å². The maximum Gasteiger partial charge on any atom is 0.306 e. The van der Waals surface area contributed by atoms with E-state index in [9.17, 15) is 19.0 Å². The summed E-state index contributed by atoms with van der Waals surface area (Å²) in [7, 11) is 1.12. The van der Waals surface area contributed by atoms with Crippen LogP contribution in [-0.4, -0.2) is 69.4 Å². The Hall–Kier alpha value is -3.59. The minimum absolute atomic E-state index is 0.0411. The number of ether oxygens (including phenoxy) is 1. The van der Waals surface area contributed by atoms with Crippen LogP contribution in [0.5, 0.6) is 0 Å². The highest BCUT2D eigenvalue weighted by Crippen LogP contribution is 2.38. The summed E-state index contributed by atoms with van der Waals surface area (Å²) in [6, 6.07) is -0.927. The van der Waals surface area contributed by atoms with Crippen molar-refractivity contribution < 1.29 is 37.3 Å². The maximum absolute atomic E-state index is 13.5. The molecule has 3 atom stereocenters. The monoisotopic (exact) mass is 1080 g/mol. The minimum atomic E-state index is -4.72. The first-order valence-electron chi connectivity index (χ1n) is 30.3. The van der Waals surface area contributed by atoms with Crippen molar-refractivity contribution in [3.05, 3.63) is 122 Å². The summed E-state index contributed by atoms with van der Waals surface area (Å²) in [5, 5.41) is 3.00. The molecule has 0 aliphatic rings. The predicted octanol–water partition coefficient (Wildman–Crippen LogP) is 18.1. The number of hydrogen-bond donors (Lipinski definition) is 1. The van der Waals surface area contributed by atoms with Gasteiger partial charge in [-0.3, -0.25) is 14.2 Å². The molecule has 0 spiro atoms. The lowest BCUT2D eigenvalue weighted by Gasteiger charge is -2.30. The average Bonchev–Trinajstić information content (AvgIpc) is 3.38. The van der Waals surface area contributed by atoms with Crippen LogP contribution in [0, 0.1) is 0 Å². The Morgan fingerprint density at radius 2 is 0.842 bits per heavy atom. The first kappa shape index (κ1) is 72.4. The third-order valence-electron chi connectivity index (χ3n) is 12.6. The quantitative estimate of drug-likeness (QED) is 0.0212. The van der Waals surface area contributed by atoms with E-state index in [0.717, 1.165) is 109 Å². The zero-order chi connectivity index (χ0) is 55.7. The fourth-order valence-corrected chi connectivity index (χ4v) is 8.66. The van der Waals surface area contributed by atoms with Crippen LogP contribution in [0.2, 0.25) is 0 Å². The molecule has 76 heavy (non-hydrogen) atoms. The Balaban J connectivity index is 5.43. The molecule has 0 bridgehead atoms. The molecule has 0 rings (SSSR count). The highest BCUT2D eigenvalue weighted by molar-refractivity contribution is 7.45. The number of nitrogens with zero attached hydrogens (tertiary/aromatic N) is 1. The van der Waals surface area contributed by atoms with Crippen LogP contribution < -0.4 is 10.2 Å². The van der Waals surface area contributed by atoms with Crippen molar-refractivity contribution in [2.75, 3.05) is 40.9 Å². The number of amides is 1. The van der Waals surface area contributed by atoms with Gasteiger partial charge in [0.25, 0.3) is 7.82 Å². The topological polar surface area (TPSA) is 114 Å². The van der Waals surface area contributed by atoms with Gasteiger partial charge in [0, 0.05) is 12.8 Å². The standard InChI is InChI=1S/C66H113N2O7P/c1-7-10-13-16-19-22-25-28-30-32-34-36-38-40-43-46-49-52-55-58-65(69)67-63(62-74-76(71,72)73-61-60-68(4,5)6)64(57-54-51-48-45-42-27-24-21-18-15-12-9-3)75-66(70)59-56-53-50-47-44-41-39-37-35-33-31-29-26-23-20-17-14-11-8-2/h11,14,19-20,22-23,28-31,34-37,40-41,43-44,54,57,63-64H,7-10,12-13,15-18,21,24-27,32-33,38-39,42,45-53,55-56,58-62H2,1-6H3,(H-,67,69,71,72)/b14-11-,22-19-,23-20-,30-28-,31-29-,36-34-,37-35-,43-40-,44-41-,57-54+. The van der Waals surface area contributed by atoms with Crippen molar-refractivity contribution in [3.63, 3.8) is 0 Å². The molecule has 0 aromatic heterocycles. The Labute approximate surface area is 467 Å². The van der Waals surface area contributed by atoms with Gasteiger partial charge in [-0.15, -0.1) is 0 Å². The lowest BCUT2D eigenvalue weighted by atomic mass is 10.1. The number of nitrogens with one attached hydrogen (secondary N) is 1. The molecule has 0 aliphatic carbocycles. The number of esters is 1. The molecule has 0 saturated carbocycles. The zero-order valence-corrected chi connectivity index (χ0v) is 50.3. The SMILES string of the molecule is CC/C=C\C/C=C\C/C=C\C/C=C\C/C=C\CCCCCC(=O)OC(/C=C/CCCCCCCCCCCC)C(COP(=O)([O-])OCC[N+](C)(C)C)NC(=O)CCCCC/C=C\C/C=C\C/C=C\C/C=C\CCCCC. The van der Waals surface area contributed by atoms with Gasteiger partial charge in [-0.2, -0.15) is 0 Å². The Kier molecular flexibility index (Phi) is 52.2.